The average molecular weight is 439 g/mol. The molecule has 5 nitrogen and oxygen atoms in total. The maximum absolute atomic E-state index is 13.8. The minimum atomic E-state index is -0.505. The number of likely N-dealkylation sites (tertiary alicyclic amines) is 1. The van der Waals surface area contributed by atoms with Crippen LogP contribution in [0.15, 0.2) is 30.5 Å². The molecule has 0 radical (unpaired) electrons. The Morgan fingerprint density at radius 1 is 1.06 bits per heavy atom. The number of nitrogens with zero attached hydrogens (tertiary/aromatic N) is 2. The first-order valence-electron chi connectivity index (χ1n) is 11.6. The van der Waals surface area contributed by atoms with E-state index in [4.69, 9.17) is 16.3 Å². The summed E-state index contributed by atoms with van der Waals surface area (Å²) in [5.41, 5.74) is 0.340. The number of halogens is 1. The normalized spacial score (nSPS) is 33.8. The predicted molar refractivity (Wildman–Crippen MR) is 118 cm³/mol. The van der Waals surface area contributed by atoms with Crippen LogP contribution in [0.25, 0.3) is 10.9 Å². The van der Waals surface area contributed by atoms with Crippen molar-refractivity contribution in [3.8, 4) is 5.75 Å². The molecule has 0 unspecified atom stereocenters. The first-order chi connectivity index (χ1) is 15.0. The number of benzene rings is 1. The zero-order valence-corrected chi connectivity index (χ0v) is 18.3. The van der Waals surface area contributed by atoms with E-state index in [1.54, 1.807) is 18.3 Å². The fourth-order valence-electron chi connectivity index (χ4n) is 7.30. The summed E-state index contributed by atoms with van der Waals surface area (Å²) in [6.07, 6.45) is 10.1. The van der Waals surface area contributed by atoms with E-state index in [9.17, 15) is 9.59 Å². The number of aromatic nitrogens is 1. The maximum atomic E-state index is 13.8. The molecule has 5 aliphatic rings. The lowest BCUT2D eigenvalue weighted by Gasteiger charge is -2.56. The third kappa shape index (κ3) is 3.15. The van der Waals surface area contributed by atoms with E-state index in [0.717, 1.165) is 31.1 Å². The Labute approximate surface area is 187 Å². The summed E-state index contributed by atoms with van der Waals surface area (Å²) in [5.74, 6) is 2.37. The van der Waals surface area contributed by atoms with Crippen LogP contribution >= 0.6 is 11.6 Å². The van der Waals surface area contributed by atoms with Crippen LogP contribution in [0.4, 0.5) is 0 Å². The second-order valence-electron chi connectivity index (χ2n) is 10.2. The maximum Gasteiger partial charge on any atom is 0.334 e. The number of carbonyl (C=O) groups is 2. The molecule has 1 saturated heterocycles. The van der Waals surface area contributed by atoms with Gasteiger partial charge in [0.1, 0.15) is 11.6 Å². The molecular weight excluding hydrogens is 412 g/mol. The Hall–Kier alpha value is -2.14. The van der Waals surface area contributed by atoms with Crippen LogP contribution in [0.3, 0.4) is 0 Å². The van der Waals surface area contributed by atoms with Gasteiger partial charge in [-0.25, -0.2) is 4.79 Å². The molecule has 1 amide bonds. The molecule has 1 aliphatic heterocycles. The summed E-state index contributed by atoms with van der Waals surface area (Å²) < 4.78 is 5.81. The largest absolute Gasteiger partial charge is 0.423 e. The van der Waals surface area contributed by atoms with Crippen LogP contribution in [0, 0.1) is 23.2 Å². The topological polar surface area (TPSA) is 59.5 Å². The van der Waals surface area contributed by atoms with Gasteiger partial charge in [0.05, 0.1) is 10.4 Å². The van der Waals surface area contributed by atoms with E-state index >= 15 is 0 Å². The molecule has 0 spiro atoms. The molecule has 5 fully saturated rings. The van der Waals surface area contributed by atoms with E-state index in [-0.39, 0.29) is 17.3 Å². The van der Waals surface area contributed by atoms with Gasteiger partial charge in [0, 0.05) is 18.1 Å². The van der Waals surface area contributed by atoms with Gasteiger partial charge in [-0.15, -0.1) is 0 Å². The van der Waals surface area contributed by atoms with Crippen molar-refractivity contribution in [1.29, 1.82) is 0 Å². The number of hydrogen-bond donors (Lipinski definition) is 0. The second kappa shape index (κ2) is 7.19. The van der Waals surface area contributed by atoms with E-state index in [0.29, 0.717) is 47.0 Å². The Balaban J connectivity index is 1.24. The minimum Gasteiger partial charge on any atom is -0.423 e. The van der Waals surface area contributed by atoms with Gasteiger partial charge < -0.3 is 9.64 Å². The third-order valence-electron chi connectivity index (χ3n) is 8.17. The lowest BCUT2D eigenvalue weighted by atomic mass is 9.49. The number of hydrogen-bond acceptors (Lipinski definition) is 4. The van der Waals surface area contributed by atoms with E-state index in [1.165, 1.54) is 19.3 Å². The highest BCUT2D eigenvalue weighted by atomic mass is 35.5. The highest BCUT2D eigenvalue weighted by Gasteiger charge is 2.57. The molecule has 2 heterocycles. The van der Waals surface area contributed by atoms with Crippen molar-refractivity contribution >= 4 is 34.4 Å². The zero-order chi connectivity index (χ0) is 21.2. The van der Waals surface area contributed by atoms with Crippen molar-refractivity contribution in [1.82, 2.24) is 9.88 Å². The monoisotopic (exact) mass is 438 g/mol. The highest BCUT2D eigenvalue weighted by molar-refractivity contribution is 6.35. The van der Waals surface area contributed by atoms with Gasteiger partial charge in [0.2, 0.25) is 5.91 Å². The standard InChI is InChI=1S/C25H27ClN2O3/c26-19-5-6-21(22-18(19)3-1-7-27-22)31-23(29)20-4-2-8-28(20)24(30)25-12-15-9-16(13-25)11-17(10-15)14-25/h1,3,5-7,15-17,20H,2,4,8-14H2/t15?,16?,17?,20-,25?/m1/s1. The van der Waals surface area contributed by atoms with Crippen LogP contribution in [-0.4, -0.2) is 34.3 Å². The van der Waals surface area contributed by atoms with Gasteiger partial charge in [0.15, 0.2) is 5.75 Å². The summed E-state index contributed by atoms with van der Waals surface area (Å²) >= 11 is 6.27. The Bertz CT molecular complexity index is 1030. The Morgan fingerprint density at radius 3 is 2.48 bits per heavy atom. The first-order valence-corrected chi connectivity index (χ1v) is 12.0. The number of ether oxygens (including phenoxy) is 1. The number of fused-ring (bicyclic) bond motifs is 1. The van der Waals surface area contributed by atoms with Crippen LogP contribution in [0.5, 0.6) is 5.75 Å². The fourth-order valence-corrected chi connectivity index (χ4v) is 7.52. The summed E-state index contributed by atoms with van der Waals surface area (Å²) in [4.78, 5) is 33.2. The molecule has 162 valence electrons. The smallest absolute Gasteiger partial charge is 0.334 e. The molecule has 31 heavy (non-hydrogen) atoms. The molecule has 4 aliphatic carbocycles. The fraction of sp³-hybridized carbons (Fsp3) is 0.560. The lowest BCUT2D eigenvalue weighted by molar-refractivity contribution is -0.162. The summed E-state index contributed by atoms with van der Waals surface area (Å²) in [7, 11) is 0. The predicted octanol–water partition coefficient (Wildman–Crippen LogP) is 5.00. The van der Waals surface area contributed by atoms with Crippen molar-refractivity contribution < 1.29 is 14.3 Å². The minimum absolute atomic E-state index is 0.213. The van der Waals surface area contributed by atoms with Gasteiger partial charge in [-0.05, 0) is 93.4 Å². The number of esters is 1. The molecule has 2 aromatic rings. The molecule has 0 N–H and O–H groups in total. The Morgan fingerprint density at radius 2 is 1.77 bits per heavy atom. The van der Waals surface area contributed by atoms with Gasteiger partial charge in [-0.2, -0.15) is 0 Å². The van der Waals surface area contributed by atoms with Crippen LogP contribution in [-0.2, 0) is 9.59 Å². The van der Waals surface area contributed by atoms with Crippen molar-refractivity contribution in [3.05, 3.63) is 35.5 Å². The lowest BCUT2D eigenvalue weighted by Crippen LogP contribution is -2.56. The molecule has 4 bridgehead atoms. The third-order valence-corrected chi connectivity index (χ3v) is 8.50. The van der Waals surface area contributed by atoms with Crippen LogP contribution < -0.4 is 4.74 Å². The molecule has 1 aromatic heterocycles. The molecule has 4 saturated carbocycles. The molecule has 1 aromatic carbocycles. The molecule has 6 heteroatoms. The van der Waals surface area contributed by atoms with Gasteiger partial charge in [-0.3, -0.25) is 9.78 Å². The van der Waals surface area contributed by atoms with Gasteiger partial charge >= 0.3 is 5.97 Å². The first kappa shape index (κ1) is 19.5. The van der Waals surface area contributed by atoms with E-state index < -0.39 is 6.04 Å². The van der Waals surface area contributed by atoms with Gasteiger partial charge in [-0.1, -0.05) is 11.6 Å². The Kier molecular flexibility index (Phi) is 4.53. The summed E-state index contributed by atoms with van der Waals surface area (Å²) in [6.45, 7) is 0.653. The van der Waals surface area contributed by atoms with E-state index in [2.05, 4.69) is 4.98 Å². The number of carbonyl (C=O) groups excluding carboxylic acids is 2. The van der Waals surface area contributed by atoms with Crippen LogP contribution in [0.1, 0.15) is 51.4 Å². The second-order valence-corrected chi connectivity index (χ2v) is 10.6. The molecular formula is C25H27ClN2O3. The van der Waals surface area contributed by atoms with Crippen molar-refractivity contribution in [3.63, 3.8) is 0 Å². The average Bonchev–Trinajstić information content (AvgIpc) is 3.24. The summed E-state index contributed by atoms with van der Waals surface area (Å²) in [5, 5.41) is 1.32. The number of amides is 1. The van der Waals surface area contributed by atoms with Gasteiger partial charge in [0.25, 0.3) is 0 Å². The van der Waals surface area contributed by atoms with Crippen molar-refractivity contribution in [2.75, 3.05) is 6.54 Å². The zero-order valence-electron chi connectivity index (χ0n) is 17.6. The number of rotatable bonds is 3. The SMILES string of the molecule is O=C(Oc1ccc(Cl)c2cccnc12)[C@H]1CCCN1C(=O)C12CC3CC(CC(C3)C1)C2. The molecule has 7 rings (SSSR count). The molecule has 1 atom stereocenters. The van der Waals surface area contributed by atoms with Crippen molar-refractivity contribution in [2.45, 2.75) is 57.4 Å². The van der Waals surface area contributed by atoms with Crippen molar-refractivity contribution in [2.24, 2.45) is 23.2 Å². The highest BCUT2D eigenvalue weighted by Crippen LogP contribution is 2.60. The summed E-state index contributed by atoms with van der Waals surface area (Å²) in [6, 6.07) is 6.58. The number of pyridine rings is 1. The van der Waals surface area contributed by atoms with Crippen LogP contribution in [0.2, 0.25) is 5.02 Å². The quantitative estimate of drug-likeness (QED) is 0.499. The van der Waals surface area contributed by atoms with E-state index in [1.807, 2.05) is 17.0 Å².